The van der Waals surface area contributed by atoms with Crippen molar-refractivity contribution in [3.63, 3.8) is 0 Å². The SMILES string of the molecule is CC1CCC(OCC(=O)NC23CCC(NC(=O)COC4CCC(C)CC4)(CC2)[C@@H](O)C3)CC1. The van der Waals surface area contributed by atoms with Crippen LogP contribution in [-0.2, 0) is 19.1 Å². The fourth-order valence-corrected chi connectivity index (χ4v) is 6.49. The molecule has 5 fully saturated rings. The van der Waals surface area contributed by atoms with Crippen molar-refractivity contribution in [2.45, 2.75) is 127 Å². The van der Waals surface area contributed by atoms with Crippen molar-refractivity contribution in [1.29, 1.82) is 0 Å². The number of ether oxygens (including phenoxy) is 2. The molecule has 33 heavy (non-hydrogen) atoms. The predicted molar refractivity (Wildman–Crippen MR) is 126 cm³/mol. The van der Waals surface area contributed by atoms with Gasteiger partial charge in [-0.25, -0.2) is 0 Å². The van der Waals surface area contributed by atoms with Crippen LogP contribution >= 0.6 is 0 Å². The van der Waals surface area contributed by atoms with Gasteiger partial charge in [0.25, 0.3) is 0 Å². The lowest BCUT2D eigenvalue weighted by Crippen LogP contribution is -2.70. The third-order valence-electron chi connectivity index (χ3n) is 8.94. The zero-order chi connectivity index (χ0) is 23.5. The standard InChI is InChI=1S/C26H44N2O5/c1-18-3-7-20(8-4-18)32-16-23(30)27-25-11-13-26(14-12-25,22(29)15-25)28-24(31)17-33-21-9-5-19(2)6-10-21/h18-22,29H,3-17H2,1-2H3,(H,27,30)(H,28,31)/t18?,19?,20?,21?,22-,25?,26?/m0/s1. The minimum atomic E-state index is -0.666. The first-order chi connectivity index (χ1) is 15.8. The van der Waals surface area contributed by atoms with E-state index in [2.05, 4.69) is 24.5 Å². The van der Waals surface area contributed by atoms with Crippen LogP contribution in [0.15, 0.2) is 0 Å². The molecule has 0 aromatic carbocycles. The van der Waals surface area contributed by atoms with Gasteiger partial charge in [0, 0.05) is 5.54 Å². The van der Waals surface area contributed by atoms with Gasteiger partial charge in [-0.3, -0.25) is 9.59 Å². The van der Waals surface area contributed by atoms with Crippen LogP contribution in [0.1, 0.15) is 97.3 Å². The van der Waals surface area contributed by atoms with Gasteiger partial charge in [0.1, 0.15) is 13.2 Å². The van der Waals surface area contributed by atoms with E-state index in [1.54, 1.807) is 0 Å². The second kappa shape index (κ2) is 10.6. The van der Waals surface area contributed by atoms with Gasteiger partial charge in [-0.1, -0.05) is 13.8 Å². The summed E-state index contributed by atoms with van der Waals surface area (Å²) in [4.78, 5) is 25.2. The number of carbonyl (C=O) groups excluding carboxylic acids is 2. The van der Waals surface area contributed by atoms with E-state index in [1.165, 1.54) is 12.8 Å². The molecule has 5 aliphatic rings. The number of aliphatic hydroxyl groups excluding tert-OH is 1. The van der Waals surface area contributed by atoms with Gasteiger partial charge in [-0.2, -0.15) is 0 Å². The van der Waals surface area contributed by atoms with Crippen LogP contribution in [0.2, 0.25) is 0 Å². The molecule has 2 amide bonds. The number of aliphatic hydroxyl groups is 1. The summed E-state index contributed by atoms with van der Waals surface area (Å²) < 4.78 is 11.7. The highest BCUT2D eigenvalue weighted by molar-refractivity contribution is 5.79. The summed E-state index contributed by atoms with van der Waals surface area (Å²) in [5.41, 5.74) is -0.980. The fourth-order valence-electron chi connectivity index (χ4n) is 6.49. The number of carbonyl (C=O) groups is 2. The number of hydrogen-bond acceptors (Lipinski definition) is 5. The minimum Gasteiger partial charge on any atom is -0.391 e. The Labute approximate surface area is 198 Å². The topological polar surface area (TPSA) is 96.9 Å². The third-order valence-corrected chi connectivity index (χ3v) is 8.94. The van der Waals surface area contributed by atoms with Gasteiger partial charge in [-0.15, -0.1) is 0 Å². The first kappa shape index (κ1) is 24.9. The lowest BCUT2D eigenvalue weighted by Gasteiger charge is -2.56. The van der Waals surface area contributed by atoms with E-state index in [9.17, 15) is 14.7 Å². The van der Waals surface area contributed by atoms with E-state index >= 15 is 0 Å². The maximum atomic E-state index is 12.6. The molecule has 188 valence electrons. The summed E-state index contributed by atoms with van der Waals surface area (Å²) in [6.07, 6.45) is 11.8. The zero-order valence-electron chi connectivity index (χ0n) is 20.6. The van der Waals surface area contributed by atoms with Gasteiger partial charge >= 0.3 is 0 Å². The van der Waals surface area contributed by atoms with E-state index in [0.717, 1.165) is 63.2 Å². The van der Waals surface area contributed by atoms with Crippen LogP contribution in [-0.4, -0.2) is 59.5 Å². The molecule has 7 heteroatoms. The molecule has 2 bridgehead atoms. The van der Waals surface area contributed by atoms with Gasteiger partial charge in [-0.05, 0) is 95.3 Å². The molecule has 5 saturated carbocycles. The molecular weight excluding hydrogens is 420 g/mol. The average Bonchev–Trinajstić information content (AvgIpc) is 2.79. The molecule has 7 nitrogen and oxygen atoms in total. The second-order valence-corrected chi connectivity index (χ2v) is 11.6. The summed E-state index contributed by atoms with van der Waals surface area (Å²) >= 11 is 0. The largest absolute Gasteiger partial charge is 0.391 e. The molecule has 0 spiro atoms. The Morgan fingerprint density at radius 1 is 0.758 bits per heavy atom. The molecule has 0 unspecified atom stereocenters. The van der Waals surface area contributed by atoms with Gasteiger partial charge in [0.15, 0.2) is 0 Å². The monoisotopic (exact) mass is 464 g/mol. The maximum absolute atomic E-state index is 12.6. The van der Waals surface area contributed by atoms with Crippen molar-refractivity contribution in [3.8, 4) is 0 Å². The summed E-state index contributed by atoms with van der Waals surface area (Å²) in [6.45, 7) is 4.69. The van der Waals surface area contributed by atoms with Gasteiger partial charge in [0.2, 0.25) is 11.8 Å². The number of hydrogen-bond donors (Lipinski definition) is 3. The molecular formula is C26H44N2O5. The highest BCUT2D eigenvalue weighted by atomic mass is 16.5. The lowest BCUT2D eigenvalue weighted by atomic mass is 9.60. The zero-order valence-corrected chi connectivity index (χ0v) is 20.6. The van der Waals surface area contributed by atoms with Crippen LogP contribution in [0.25, 0.3) is 0 Å². The molecule has 0 aromatic heterocycles. The van der Waals surface area contributed by atoms with Crippen LogP contribution in [0, 0.1) is 11.8 Å². The first-order valence-corrected chi connectivity index (χ1v) is 13.3. The maximum Gasteiger partial charge on any atom is 0.246 e. The predicted octanol–water partition coefficient (Wildman–Crippen LogP) is 3.23. The second-order valence-electron chi connectivity index (χ2n) is 11.6. The Morgan fingerprint density at radius 2 is 1.21 bits per heavy atom. The molecule has 0 saturated heterocycles. The van der Waals surface area contributed by atoms with Gasteiger partial charge in [0.05, 0.1) is 23.9 Å². The smallest absolute Gasteiger partial charge is 0.246 e. The summed E-state index contributed by atoms with van der Waals surface area (Å²) in [5, 5.41) is 17.2. The van der Waals surface area contributed by atoms with Crippen molar-refractivity contribution >= 4 is 11.8 Å². The Morgan fingerprint density at radius 3 is 1.67 bits per heavy atom. The molecule has 3 N–H and O–H groups in total. The lowest BCUT2D eigenvalue weighted by molar-refractivity contribution is -0.142. The van der Waals surface area contributed by atoms with Crippen molar-refractivity contribution in [2.24, 2.45) is 11.8 Å². The van der Waals surface area contributed by atoms with E-state index in [4.69, 9.17) is 9.47 Å². The van der Waals surface area contributed by atoms with Crippen LogP contribution in [0.5, 0.6) is 0 Å². The third kappa shape index (κ3) is 6.29. The van der Waals surface area contributed by atoms with E-state index in [-0.39, 0.29) is 42.8 Å². The molecule has 0 radical (unpaired) electrons. The van der Waals surface area contributed by atoms with Crippen LogP contribution in [0.3, 0.4) is 0 Å². The summed E-state index contributed by atoms with van der Waals surface area (Å²) in [7, 11) is 0. The normalized spacial score (nSPS) is 40.9. The summed E-state index contributed by atoms with van der Waals surface area (Å²) in [6, 6.07) is 0. The van der Waals surface area contributed by atoms with Crippen molar-refractivity contribution in [1.82, 2.24) is 10.6 Å². The average molecular weight is 465 g/mol. The Kier molecular flexibility index (Phi) is 8.02. The number of nitrogens with one attached hydrogen (secondary N) is 2. The minimum absolute atomic E-state index is 0.0622. The first-order valence-electron chi connectivity index (χ1n) is 13.3. The van der Waals surface area contributed by atoms with Crippen LogP contribution in [0.4, 0.5) is 0 Å². The van der Waals surface area contributed by atoms with Crippen molar-refractivity contribution in [3.05, 3.63) is 0 Å². The molecule has 5 aliphatic carbocycles. The quantitative estimate of drug-likeness (QED) is 0.512. The molecule has 1 atom stereocenters. The van der Waals surface area contributed by atoms with E-state index in [1.807, 2.05) is 0 Å². The molecule has 0 aromatic rings. The van der Waals surface area contributed by atoms with E-state index < -0.39 is 11.6 Å². The number of fused-ring (bicyclic) bond motifs is 3. The highest BCUT2D eigenvalue weighted by Crippen LogP contribution is 2.47. The van der Waals surface area contributed by atoms with Crippen molar-refractivity contribution in [2.75, 3.05) is 13.2 Å². The highest BCUT2D eigenvalue weighted by Gasteiger charge is 2.55. The molecule has 5 rings (SSSR count). The Bertz CT molecular complexity index is 674. The number of rotatable bonds is 8. The Balaban J connectivity index is 1.20. The van der Waals surface area contributed by atoms with Crippen molar-refractivity contribution < 1.29 is 24.2 Å². The van der Waals surface area contributed by atoms with Gasteiger partial charge < -0.3 is 25.2 Å². The number of amides is 2. The van der Waals surface area contributed by atoms with E-state index in [0.29, 0.717) is 19.3 Å². The summed E-state index contributed by atoms with van der Waals surface area (Å²) in [5.74, 6) is 1.28. The fraction of sp³-hybridized carbons (Fsp3) is 0.923. The molecule has 0 aliphatic heterocycles. The van der Waals surface area contributed by atoms with Crippen LogP contribution < -0.4 is 10.6 Å². The molecule has 0 heterocycles. The Hall–Kier alpha value is -1.18.